The summed E-state index contributed by atoms with van der Waals surface area (Å²) in [5, 5.41) is 12.3. The van der Waals surface area contributed by atoms with Crippen LogP contribution in [0.25, 0.3) is 16.9 Å². The molecule has 0 unspecified atom stereocenters. The number of halogens is 2. The van der Waals surface area contributed by atoms with E-state index >= 15 is 0 Å². The highest BCUT2D eigenvalue weighted by Gasteiger charge is 2.24. The number of fused-ring (bicyclic) bond motifs is 1. The van der Waals surface area contributed by atoms with Gasteiger partial charge in [0, 0.05) is 36.7 Å². The number of nitrogens with one attached hydrogen (secondary N) is 1. The molecule has 0 aliphatic carbocycles. The molecule has 1 aliphatic rings. The first-order chi connectivity index (χ1) is 18.9. The molecule has 0 bridgehead atoms. The van der Waals surface area contributed by atoms with Crippen molar-refractivity contribution in [2.24, 2.45) is 11.7 Å². The number of carbonyl (C=O) groups is 1. The van der Waals surface area contributed by atoms with E-state index in [1.807, 2.05) is 11.0 Å². The third kappa shape index (κ3) is 5.24. The number of imidazole rings is 1. The largest absolute Gasteiger partial charge is 0.476 e. The molecule has 39 heavy (non-hydrogen) atoms. The molecule has 0 atom stereocenters. The highest BCUT2D eigenvalue weighted by atomic mass is 35.5. The average molecular weight is 548 g/mol. The quantitative estimate of drug-likeness (QED) is 0.335. The summed E-state index contributed by atoms with van der Waals surface area (Å²) in [5.74, 6) is 0.328. The minimum absolute atomic E-state index is 0.0227. The second-order valence-corrected chi connectivity index (χ2v) is 9.81. The number of piperidine rings is 1. The van der Waals surface area contributed by atoms with Crippen molar-refractivity contribution in [2.75, 3.05) is 31.6 Å². The zero-order valence-electron chi connectivity index (χ0n) is 21.3. The lowest BCUT2D eigenvalue weighted by Gasteiger charge is -2.31. The maximum absolute atomic E-state index is 14.9. The van der Waals surface area contributed by atoms with Crippen molar-refractivity contribution in [3.05, 3.63) is 70.9 Å². The predicted molar refractivity (Wildman–Crippen MR) is 147 cm³/mol. The molecule has 0 radical (unpaired) electrons. The lowest BCUT2D eigenvalue weighted by molar-refractivity contribution is 0.0693. The third-order valence-corrected chi connectivity index (χ3v) is 7.36. The van der Waals surface area contributed by atoms with Crippen LogP contribution in [-0.4, -0.2) is 51.4 Å². The molecule has 1 amide bonds. The van der Waals surface area contributed by atoms with E-state index in [2.05, 4.69) is 15.3 Å². The molecule has 1 saturated heterocycles. The molecule has 1 fully saturated rings. The Kier molecular flexibility index (Phi) is 7.63. The zero-order chi connectivity index (χ0) is 27.5. The predicted octanol–water partition coefficient (Wildman–Crippen LogP) is 4.95. The van der Waals surface area contributed by atoms with Crippen molar-refractivity contribution in [3.8, 4) is 23.1 Å². The summed E-state index contributed by atoms with van der Waals surface area (Å²) in [5.41, 5.74) is 9.04. The monoisotopic (exact) mass is 547 g/mol. The van der Waals surface area contributed by atoms with Gasteiger partial charge in [0.05, 0.1) is 22.5 Å². The van der Waals surface area contributed by atoms with Crippen LogP contribution in [0.15, 0.2) is 48.9 Å². The summed E-state index contributed by atoms with van der Waals surface area (Å²) in [7, 11) is 0. The SMILES string of the molecule is Cc1c(-c2cnc3c(Nc4ccc(C(=O)N5CCC(CN)CC5)c(Cl)c4)nccn23)ccc(OCC#N)c1F. The molecule has 0 saturated carbocycles. The van der Waals surface area contributed by atoms with Crippen LogP contribution >= 0.6 is 11.6 Å². The second-order valence-electron chi connectivity index (χ2n) is 9.40. The number of likely N-dealkylation sites (tertiary alicyclic amines) is 1. The molecule has 11 heteroatoms. The Bertz CT molecular complexity index is 1570. The van der Waals surface area contributed by atoms with E-state index in [4.69, 9.17) is 27.3 Å². The highest BCUT2D eigenvalue weighted by Crippen LogP contribution is 2.33. The van der Waals surface area contributed by atoms with Gasteiger partial charge >= 0.3 is 0 Å². The Morgan fingerprint density at radius 3 is 2.79 bits per heavy atom. The number of nitrogens with zero attached hydrogens (tertiary/aromatic N) is 5. The number of hydrogen-bond donors (Lipinski definition) is 2. The van der Waals surface area contributed by atoms with Crippen LogP contribution in [0.5, 0.6) is 5.75 Å². The molecule has 200 valence electrons. The average Bonchev–Trinajstić information content (AvgIpc) is 3.38. The van der Waals surface area contributed by atoms with Gasteiger partial charge in [0.1, 0.15) is 6.07 Å². The van der Waals surface area contributed by atoms with Gasteiger partial charge in [-0.3, -0.25) is 9.20 Å². The van der Waals surface area contributed by atoms with Crippen LogP contribution in [0.3, 0.4) is 0 Å². The summed E-state index contributed by atoms with van der Waals surface area (Å²) in [4.78, 5) is 23.8. The van der Waals surface area contributed by atoms with Gasteiger partial charge in [0.2, 0.25) is 0 Å². The van der Waals surface area contributed by atoms with Gasteiger partial charge in [0.25, 0.3) is 5.91 Å². The maximum Gasteiger partial charge on any atom is 0.255 e. The van der Waals surface area contributed by atoms with E-state index in [0.717, 1.165) is 12.8 Å². The van der Waals surface area contributed by atoms with Gasteiger partial charge in [-0.05, 0) is 68.1 Å². The van der Waals surface area contributed by atoms with E-state index in [0.29, 0.717) is 70.1 Å². The number of nitriles is 1. The molecule has 1 aliphatic heterocycles. The summed E-state index contributed by atoms with van der Waals surface area (Å²) in [6, 6.07) is 10.2. The van der Waals surface area contributed by atoms with Gasteiger partial charge < -0.3 is 20.7 Å². The van der Waals surface area contributed by atoms with Gasteiger partial charge in [-0.25, -0.2) is 14.4 Å². The molecule has 2 aromatic carbocycles. The van der Waals surface area contributed by atoms with Gasteiger partial charge in [-0.15, -0.1) is 0 Å². The number of anilines is 2. The Labute approximate surface area is 230 Å². The van der Waals surface area contributed by atoms with E-state index in [-0.39, 0.29) is 18.3 Å². The van der Waals surface area contributed by atoms with Gasteiger partial charge in [-0.2, -0.15) is 5.26 Å². The Morgan fingerprint density at radius 2 is 2.08 bits per heavy atom. The molecule has 2 aromatic heterocycles. The summed E-state index contributed by atoms with van der Waals surface area (Å²) in [6.07, 6.45) is 6.78. The van der Waals surface area contributed by atoms with Crippen LogP contribution in [-0.2, 0) is 0 Å². The van der Waals surface area contributed by atoms with E-state index in [1.54, 1.807) is 54.2 Å². The standard InChI is InChI=1S/C28H27ClFN7O2/c1-17-20(4-5-24(25(17)30)39-13-8-31)23-16-34-27-26(33-9-12-37(23)27)35-19-2-3-21(22(29)14-19)28(38)36-10-6-18(15-32)7-11-36/h2-5,9,12,14,16,18H,6-7,10-11,13,15,32H2,1H3,(H,33,35). The molecule has 0 spiro atoms. The smallest absolute Gasteiger partial charge is 0.255 e. The van der Waals surface area contributed by atoms with Gasteiger partial charge in [-0.1, -0.05) is 11.6 Å². The normalized spacial score (nSPS) is 13.9. The van der Waals surface area contributed by atoms with E-state index in [1.165, 1.54) is 6.07 Å². The summed E-state index contributed by atoms with van der Waals surface area (Å²) in [6.45, 7) is 3.39. The fourth-order valence-corrected chi connectivity index (χ4v) is 5.07. The first-order valence-corrected chi connectivity index (χ1v) is 13.0. The number of aromatic nitrogens is 3. The number of amides is 1. The summed E-state index contributed by atoms with van der Waals surface area (Å²) >= 11 is 6.53. The van der Waals surface area contributed by atoms with E-state index < -0.39 is 5.82 Å². The topological polar surface area (TPSA) is 122 Å². The molecular formula is C28H27ClFN7O2. The molecule has 9 nitrogen and oxygen atoms in total. The van der Waals surface area contributed by atoms with Crippen LogP contribution in [0, 0.1) is 30.0 Å². The van der Waals surface area contributed by atoms with Crippen molar-refractivity contribution in [1.82, 2.24) is 19.3 Å². The van der Waals surface area contributed by atoms with Crippen LogP contribution in [0.2, 0.25) is 5.02 Å². The molecular weight excluding hydrogens is 521 g/mol. The summed E-state index contributed by atoms with van der Waals surface area (Å²) < 4.78 is 21.9. The Morgan fingerprint density at radius 1 is 1.28 bits per heavy atom. The number of rotatable bonds is 7. The zero-order valence-corrected chi connectivity index (χ0v) is 22.1. The van der Waals surface area contributed by atoms with Crippen molar-refractivity contribution in [1.29, 1.82) is 5.26 Å². The number of ether oxygens (including phenoxy) is 1. The lowest BCUT2D eigenvalue weighted by atomic mass is 9.96. The third-order valence-electron chi connectivity index (χ3n) is 7.04. The minimum Gasteiger partial charge on any atom is -0.476 e. The van der Waals surface area contributed by atoms with E-state index in [9.17, 15) is 9.18 Å². The van der Waals surface area contributed by atoms with Crippen molar-refractivity contribution in [3.63, 3.8) is 0 Å². The number of nitrogens with two attached hydrogens (primary N) is 1. The fraction of sp³-hybridized carbons (Fsp3) is 0.286. The number of benzene rings is 2. The minimum atomic E-state index is -0.530. The van der Waals surface area contributed by atoms with Crippen LogP contribution < -0.4 is 15.8 Å². The van der Waals surface area contributed by atoms with Crippen molar-refractivity contribution < 1.29 is 13.9 Å². The highest BCUT2D eigenvalue weighted by molar-refractivity contribution is 6.34. The lowest BCUT2D eigenvalue weighted by Crippen LogP contribution is -2.40. The van der Waals surface area contributed by atoms with Crippen molar-refractivity contribution >= 4 is 34.7 Å². The molecule has 3 heterocycles. The van der Waals surface area contributed by atoms with Crippen LogP contribution in [0.1, 0.15) is 28.8 Å². The molecule has 3 N–H and O–H groups in total. The first kappa shape index (κ1) is 26.4. The van der Waals surface area contributed by atoms with Crippen LogP contribution in [0.4, 0.5) is 15.9 Å². The Balaban J connectivity index is 1.38. The first-order valence-electron chi connectivity index (χ1n) is 12.6. The molecule has 4 aromatic rings. The van der Waals surface area contributed by atoms with Gasteiger partial charge in [0.15, 0.2) is 29.6 Å². The fourth-order valence-electron chi connectivity index (χ4n) is 4.81. The second kappa shape index (κ2) is 11.3. The number of hydrogen-bond acceptors (Lipinski definition) is 7. The Hall–Kier alpha value is -4.20. The maximum atomic E-state index is 14.9. The molecule has 5 rings (SSSR count). The van der Waals surface area contributed by atoms with Crippen molar-refractivity contribution in [2.45, 2.75) is 19.8 Å². The number of carbonyl (C=O) groups excluding carboxylic acids is 1.